The molecule has 0 unspecified atom stereocenters. The van der Waals surface area contributed by atoms with E-state index < -0.39 is 11.5 Å². The van der Waals surface area contributed by atoms with Crippen LogP contribution in [0.5, 0.6) is 5.75 Å². The van der Waals surface area contributed by atoms with Crippen LogP contribution in [0.25, 0.3) is 10.9 Å². The second-order valence-electron chi connectivity index (χ2n) is 8.50. The molecule has 0 atom stereocenters. The van der Waals surface area contributed by atoms with Gasteiger partial charge in [-0.1, -0.05) is 20.8 Å². The first-order chi connectivity index (χ1) is 14.1. The first-order valence-electron chi connectivity index (χ1n) is 10.2. The Balaban J connectivity index is 1.94. The molecule has 1 aliphatic rings. The lowest BCUT2D eigenvalue weighted by Crippen LogP contribution is -2.52. The minimum atomic E-state index is -0.569. The Labute approximate surface area is 176 Å². The van der Waals surface area contributed by atoms with Crippen molar-refractivity contribution in [2.75, 3.05) is 37.6 Å². The lowest BCUT2D eigenvalue weighted by atomic mass is 9.94. The van der Waals surface area contributed by atoms with E-state index in [-0.39, 0.29) is 11.7 Å². The van der Waals surface area contributed by atoms with Crippen LogP contribution in [-0.2, 0) is 4.79 Å². The van der Waals surface area contributed by atoms with Crippen molar-refractivity contribution < 1.29 is 18.7 Å². The number of aryl methyl sites for hydroxylation is 1. The van der Waals surface area contributed by atoms with E-state index in [4.69, 9.17) is 4.74 Å². The zero-order chi connectivity index (χ0) is 22.1. The Bertz CT molecular complexity index is 963. The molecule has 1 aliphatic heterocycles. The zero-order valence-corrected chi connectivity index (χ0v) is 18.2. The number of ether oxygens (including phenoxy) is 1. The van der Waals surface area contributed by atoms with Gasteiger partial charge in [-0.05, 0) is 32.0 Å². The number of halogens is 1. The number of hydrogen-bond donors (Lipinski definition) is 1. The van der Waals surface area contributed by atoms with Crippen molar-refractivity contribution in [1.29, 1.82) is 0 Å². The van der Waals surface area contributed by atoms with E-state index in [0.717, 1.165) is 0 Å². The molecule has 0 saturated carbocycles. The molecular formula is C22H29FN4O3. The highest BCUT2D eigenvalue weighted by Gasteiger charge is 2.31. The van der Waals surface area contributed by atoms with Crippen molar-refractivity contribution in [2.45, 2.75) is 34.6 Å². The number of nitrogens with zero attached hydrogens (tertiary/aromatic N) is 3. The fourth-order valence-electron chi connectivity index (χ4n) is 3.51. The third-order valence-corrected chi connectivity index (χ3v) is 5.15. The molecule has 0 aliphatic carbocycles. The van der Waals surface area contributed by atoms with E-state index in [1.165, 1.54) is 6.07 Å². The van der Waals surface area contributed by atoms with Crippen LogP contribution in [-0.4, -0.2) is 54.6 Å². The van der Waals surface area contributed by atoms with Crippen molar-refractivity contribution in [3.8, 4) is 5.75 Å². The summed E-state index contributed by atoms with van der Waals surface area (Å²) in [5, 5.41) is 3.30. The predicted molar refractivity (Wildman–Crippen MR) is 114 cm³/mol. The van der Waals surface area contributed by atoms with Crippen LogP contribution in [0.4, 0.5) is 15.0 Å². The molecule has 3 rings (SSSR count). The molecule has 30 heavy (non-hydrogen) atoms. The summed E-state index contributed by atoms with van der Waals surface area (Å²) in [6, 6.07) is 4.72. The molecule has 8 heteroatoms. The van der Waals surface area contributed by atoms with Crippen LogP contribution in [0.2, 0.25) is 0 Å². The van der Waals surface area contributed by atoms with Crippen LogP contribution in [0, 0.1) is 18.2 Å². The van der Waals surface area contributed by atoms with Gasteiger partial charge in [0.05, 0.1) is 5.52 Å². The maximum Gasteiger partial charge on any atom is 0.412 e. The molecule has 0 bridgehead atoms. The normalized spacial score (nSPS) is 14.7. The van der Waals surface area contributed by atoms with E-state index >= 15 is 0 Å². The summed E-state index contributed by atoms with van der Waals surface area (Å²) in [6.07, 6.45) is -0.569. The second-order valence-corrected chi connectivity index (χ2v) is 8.50. The Kier molecular flexibility index (Phi) is 6.14. The molecule has 1 saturated heterocycles. The number of aromatic nitrogens is 1. The fourth-order valence-corrected chi connectivity index (χ4v) is 3.51. The highest BCUT2D eigenvalue weighted by Crippen LogP contribution is 2.33. The average Bonchev–Trinajstić information content (AvgIpc) is 2.70. The molecule has 0 radical (unpaired) electrons. The highest BCUT2D eigenvalue weighted by atomic mass is 19.1. The summed E-state index contributed by atoms with van der Waals surface area (Å²) in [4.78, 5) is 33.1. The number of hydrogen-bond acceptors (Lipinski definition) is 5. The van der Waals surface area contributed by atoms with Gasteiger partial charge in [-0.3, -0.25) is 4.79 Å². The minimum absolute atomic E-state index is 0.102. The van der Waals surface area contributed by atoms with Gasteiger partial charge in [-0.2, -0.15) is 0 Å². The van der Waals surface area contributed by atoms with Crippen LogP contribution in [0.3, 0.4) is 0 Å². The predicted octanol–water partition coefficient (Wildman–Crippen LogP) is 3.49. The number of carbonyl (C=O) groups excluding carboxylic acids is 2. The number of fused-ring (bicyclic) bond motifs is 1. The van der Waals surface area contributed by atoms with Crippen molar-refractivity contribution in [3.63, 3.8) is 0 Å². The van der Waals surface area contributed by atoms with Gasteiger partial charge in [-0.15, -0.1) is 0 Å². The van der Waals surface area contributed by atoms with Gasteiger partial charge in [0.2, 0.25) is 5.91 Å². The molecule has 1 aromatic heterocycles. The first-order valence-corrected chi connectivity index (χ1v) is 10.2. The van der Waals surface area contributed by atoms with Gasteiger partial charge in [0.1, 0.15) is 5.82 Å². The van der Waals surface area contributed by atoms with Gasteiger partial charge >= 0.3 is 6.09 Å². The number of carbonyl (C=O) groups is 2. The number of amides is 2. The highest BCUT2D eigenvalue weighted by molar-refractivity contribution is 5.87. The van der Waals surface area contributed by atoms with Gasteiger partial charge in [-0.25, -0.2) is 14.2 Å². The van der Waals surface area contributed by atoms with Crippen LogP contribution in [0.1, 0.15) is 33.3 Å². The molecular weight excluding hydrogens is 387 g/mol. The number of nitrogens with one attached hydrogen (secondary N) is 1. The third-order valence-electron chi connectivity index (χ3n) is 5.15. The number of piperazine rings is 1. The molecule has 2 amide bonds. The Morgan fingerprint density at radius 1 is 1.20 bits per heavy atom. The lowest BCUT2D eigenvalue weighted by Gasteiger charge is -2.38. The Morgan fingerprint density at radius 2 is 1.87 bits per heavy atom. The molecule has 0 spiro atoms. The minimum Gasteiger partial charge on any atom is -0.406 e. The summed E-state index contributed by atoms with van der Waals surface area (Å²) in [5.74, 6) is 0.560. The lowest BCUT2D eigenvalue weighted by molar-refractivity contribution is -0.139. The number of benzene rings is 1. The molecule has 1 N–H and O–H groups in total. The molecule has 2 aromatic rings. The quantitative estimate of drug-likeness (QED) is 0.829. The molecule has 1 fully saturated rings. The van der Waals surface area contributed by atoms with E-state index in [9.17, 15) is 14.0 Å². The fraction of sp³-hybridized carbons (Fsp3) is 0.500. The maximum absolute atomic E-state index is 14.1. The van der Waals surface area contributed by atoms with Gasteiger partial charge in [0.15, 0.2) is 11.6 Å². The maximum atomic E-state index is 14.1. The van der Waals surface area contributed by atoms with E-state index in [2.05, 4.69) is 10.3 Å². The van der Waals surface area contributed by atoms with Gasteiger partial charge in [0, 0.05) is 49.1 Å². The summed E-state index contributed by atoms with van der Waals surface area (Å²) < 4.78 is 19.6. The van der Waals surface area contributed by atoms with Gasteiger partial charge in [0.25, 0.3) is 0 Å². The van der Waals surface area contributed by atoms with Crippen LogP contribution < -0.4 is 15.0 Å². The largest absolute Gasteiger partial charge is 0.412 e. The summed E-state index contributed by atoms with van der Waals surface area (Å²) in [5.41, 5.74) is 0.533. The van der Waals surface area contributed by atoms with E-state index in [1.807, 2.05) is 30.6 Å². The monoisotopic (exact) mass is 416 g/mol. The molecule has 162 valence electrons. The van der Waals surface area contributed by atoms with E-state index in [1.54, 1.807) is 26.0 Å². The summed E-state index contributed by atoms with van der Waals surface area (Å²) >= 11 is 0. The Hall–Kier alpha value is -2.90. The van der Waals surface area contributed by atoms with Crippen molar-refractivity contribution in [1.82, 2.24) is 15.2 Å². The third kappa shape index (κ3) is 4.47. The summed E-state index contributed by atoms with van der Waals surface area (Å²) in [6.45, 7) is 11.8. The van der Waals surface area contributed by atoms with Crippen molar-refractivity contribution in [2.24, 2.45) is 5.41 Å². The summed E-state index contributed by atoms with van der Waals surface area (Å²) in [7, 11) is 0. The van der Waals surface area contributed by atoms with Crippen LogP contribution in [0.15, 0.2) is 18.2 Å². The molecule has 1 aromatic carbocycles. The average molecular weight is 416 g/mol. The van der Waals surface area contributed by atoms with Crippen molar-refractivity contribution >= 4 is 28.7 Å². The smallest absolute Gasteiger partial charge is 0.406 e. The molecule has 2 heterocycles. The second kappa shape index (κ2) is 8.45. The number of pyridine rings is 1. The first kappa shape index (κ1) is 21.8. The van der Waals surface area contributed by atoms with Crippen molar-refractivity contribution in [3.05, 3.63) is 29.6 Å². The SMILES string of the molecule is CCNC(=O)Oc1cc2ccc(F)c(C)c2nc1N1CCN(C(=O)C(C)(C)C)CC1. The number of rotatable bonds is 3. The number of anilines is 1. The van der Waals surface area contributed by atoms with Crippen LogP contribution >= 0.6 is 0 Å². The standard InChI is InChI=1S/C22H29FN4O3/c1-6-24-21(29)30-17-13-15-7-8-16(23)14(2)18(15)25-19(17)26-9-11-27(12-10-26)20(28)22(3,4)5/h7-8,13H,6,9-12H2,1-5H3,(H,24,29). The zero-order valence-electron chi connectivity index (χ0n) is 18.2. The Morgan fingerprint density at radius 3 is 2.47 bits per heavy atom. The van der Waals surface area contributed by atoms with Gasteiger partial charge < -0.3 is 19.9 Å². The van der Waals surface area contributed by atoms with E-state index in [0.29, 0.717) is 60.8 Å². The molecule has 7 nitrogen and oxygen atoms in total. The topological polar surface area (TPSA) is 74.8 Å².